The average molecular weight is 348 g/mol. The lowest BCUT2D eigenvalue weighted by Gasteiger charge is -2.23. The Labute approximate surface area is 148 Å². The molecule has 1 heterocycles. The van der Waals surface area contributed by atoms with E-state index in [-0.39, 0.29) is 11.4 Å². The lowest BCUT2D eigenvalue weighted by atomic mass is 9.89. The van der Waals surface area contributed by atoms with E-state index in [0.717, 1.165) is 31.4 Å². The molecule has 0 N–H and O–H groups in total. The predicted octanol–water partition coefficient (Wildman–Crippen LogP) is 5.54. The fourth-order valence-electron chi connectivity index (χ4n) is 3.48. The Balaban J connectivity index is 1.80. The second-order valence-electron chi connectivity index (χ2n) is 6.89. The summed E-state index contributed by atoms with van der Waals surface area (Å²) in [4.78, 5) is 0. The molecule has 0 unspecified atom stereocenters. The van der Waals surface area contributed by atoms with Gasteiger partial charge in [0.25, 0.3) is 0 Å². The van der Waals surface area contributed by atoms with E-state index in [0.29, 0.717) is 12.5 Å². The van der Waals surface area contributed by atoms with Crippen LogP contribution in [0.25, 0.3) is 0 Å². The highest BCUT2D eigenvalue weighted by Crippen LogP contribution is 2.33. The summed E-state index contributed by atoms with van der Waals surface area (Å²) < 4.78 is 35.9. The molecule has 1 aliphatic rings. The second kappa shape index (κ2) is 7.98. The molecule has 5 heteroatoms. The van der Waals surface area contributed by atoms with Gasteiger partial charge in [0.1, 0.15) is 0 Å². The lowest BCUT2D eigenvalue weighted by Crippen LogP contribution is -2.24. The molecular formula is C20H26F2N2O. The van der Waals surface area contributed by atoms with E-state index >= 15 is 0 Å². The molecule has 0 amide bonds. The number of aryl methyl sites for hydroxylation is 1. The fraction of sp³-hybridized carbons (Fsp3) is 0.550. The van der Waals surface area contributed by atoms with Gasteiger partial charge in [-0.1, -0.05) is 50.8 Å². The molecular weight excluding hydrogens is 322 g/mol. The highest BCUT2D eigenvalue weighted by Gasteiger charge is 2.36. The van der Waals surface area contributed by atoms with Crippen LogP contribution < -0.4 is 4.74 Å². The van der Waals surface area contributed by atoms with E-state index in [4.69, 9.17) is 4.74 Å². The number of alkyl halides is 2. The highest BCUT2D eigenvalue weighted by molar-refractivity contribution is 5.22. The number of aromatic nitrogens is 2. The van der Waals surface area contributed by atoms with E-state index in [2.05, 4.69) is 12.0 Å². The van der Waals surface area contributed by atoms with Crippen molar-refractivity contribution in [1.82, 2.24) is 9.78 Å². The van der Waals surface area contributed by atoms with Crippen molar-refractivity contribution >= 4 is 0 Å². The van der Waals surface area contributed by atoms with Crippen molar-refractivity contribution < 1.29 is 13.5 Å². The standard InChI is InChI=1S/C20H26F2N2O/c1-2-9-18-14-19(24(23-18)15-16-10-5-3-6-11-16)25-20(21,22)17-12-7-4-8-13-17/h4,7-8,12-14,16H,2-3,5-6,9-11,15H2,1H3. The van der Waals surface area contributed by atoms with Gasteiger partial charge >= 0.3 is 6.11 Å². The van der Waals surface area contributed by atoms with Crippen LogP contribution in [0.15, 0.2) is 36.4 Å². The highest BCUT2D eigenvalue weighted by atomic mass is 19.3. The van der Waals surface area contributed by atoms with Crippen LogP contribution in [-0.4, -0.2) is 9.78 Å². The predicted molar refractivity (Wildman–Crippen MR) is 93.8 cm³/mol. The summed E-state index contributed by atoms with van der Waals surface area (Å²) in [5, 5.41) is 4.53. The number of rotatable bonds is 7. The summed E-state index contributed by atoms with van der Waals surface area (Å²) in [5.41, 5.74) is 0.676. The van der Waals surface area contributed by atoms with Crippen LogP contribution in [-0.2, 0) is 19.1 Å². The molecule has 0 saturated heterocycles. The van der Waals surface area contributed by atoms with Crippen molar-refractivity contribution in [3.63, 3.8) is 0 Å². The topological polar surface area (TPSA) is 27.1 Å². The van der Waals surface area contributed by atoms with Gasteiger partial charge in [0, 0.05) is 12.6 Å². The third-order valence-electron chi connectivity index (χ3n) is 4.80. The number of benzene rings is 1. The zero-order valence-corrected chi connectivity index (χ0v) is 14.8. The van der Waals surface area contributed by atoms with Crippen LogP contribution in [0, 0.1) is 5.92 Å². The molecule has 0 atom stereocenters. The fourth-order valence-corrected chi connectivity index (χ4v) is 3.48. The van der Waals surface area contributed by atoms with Crippen LogP contribution in [0.4, 0.5) is 8.78 Å². The minimum Gasteiger partial charge on any atom is -0.411 e. The van der Waals surface area contributed by atoms with Gasteiger partial charge < -0.3 is 4.74 Å². The SMILES string of the molecule is CCCc1cc(OC(F)(F)c2ccccc2)n(CC2CCCCC2)n1. The van der Waals surface area contributed by atoms with Gasteiger partial charge in [0.2, 0.25) is 5.88 Å². The summed E-state index contributed by atoms with van der Waals surface area (Å²) in [7, 11) is 0. The third-order valence-corrected chi connectivity index (χ3v) is 4.80. The molecule has 3 rings (SSSR count). The van der Waals surface area contributed by atoms with Crippen LogP contribution in [0.2, 0.25) is 0 Å². The second-order valence-corrected chi connectivity index (χ2v) is 6.89. The molecule has 0 spiro atoms. The molecule has 3 nitrogen and oxygen atoms in total. The van der Waals surface area contributed by atoms with Crippen molar-refractivity contribution in [2.45, 2.75) is 64.5 Å². The third kappa shape index (κ3) is 4.59. The monoisotopic (exact) mass is 348 g/mol. The van der Waals surface area contributed by atoms with Crippen molar-refractivity contribution in [1.29, 1.82) is 0 Å². The molecule has 1 aromatic carbocycles. The van der Waals surface area contributed by atoms with Crippen molar-refractivity contribution in [2.24, 2.45) is 5.92 Å². The smallest absolute Gasteiger partial charge is 0.411 e. The van der Waals surface area contributed by atoms with E-state index in [1.165, 1.54) is 31.4 Å². The van der Waals surface area contributed by atoms with Crippen LogP contribution >= 0.6 is 0 Å². The molecule has 136 valence electrons. The number of hydrogen-bond donors (Lipinski definition) is 0. The Morgan fingerprint density at radius 2 is 1.88 bits per heavy atom. The quantitative estimate of drug-likeness (QED) is 0.656. The van der Waals surface area contributed by atoms with Gasteiger partial charge in [-0.25, -0.2) is 4.68 Å². The molecule has 2 aromatic rings. The van der Waals surface area contributed by atoms with Crippen LogP contribution in [0.5, 0.6) is 5.88 Å². The Morgan fingerprint density at radius 3 is 2.56 bits per heavy atom. The molecule has 0 radical (unpaired) electrons. The maximum absolute atomic E-state index is 14.5. The lowest BCUT2D eigenvalue weighted by molar-refractivity contribution is -0.189. The zero-order valence-electron chi connectivity index (χ0n) is 14.8. The van der Waals surface area contributed by atoms with Gasteiger partial charge in [-0.2, -0.15) is 13.9 Å². The first-order valence-electron chi connectivity index (χ1n) is 9.27. The molecule has 1 aromatic heterocycles. The summed E-state index contributed by atoms with van der Waals surface area (Å²) in [6.07, 6.45) is 4.30. The van der Waals surface area contributed by atoms with Gasteiger partial charge in [-0.05, 0) is 37.3 Å². The van der Waals surface area contributed by atoms with E-state index < -0.39 is 6.11 Å². The number of hydrogen-bond acceptors (Lipinski definition) is 2. The molecule has 25 heavy (non-hydrogen) atoms. The Hall–Kier alpha value is -1.91. The Bertz CT molecular complexity index is 664. The van der Waals surface area contributed by atoms with E-state index in [1.807, 2.05) is 0 Å². The van der Waals surface area contributed by atoms with Gasteiger partial charge in [0.05, 0.1) is 11.3 Å². The first-order chi connectivity index (χ1) is 12.1. The van der Waals surface area contributed by atoms with Crippen molar-refractivity contribution in [3.8, 4) is 5.88 Å². The average Bonchev–Trinajstić information content (AvgIpc) is 2.97. The van der Waals surface area contributed by atoms with E-state index in [9.17, 15) is 8.78 Å². The first kappa shape index (κ1) is 17.9. The normalized spacial score (nSPS) is 16.1. The summed E-state index contributed by atoms with van der Waals surface area (Å²) in [6.45, 7) is 2.71. The maximum Gasteiger partial charge on any atom is 0.427 e. The Morgan fingerprint density at radius 1 is 1.16 bits per heavy atom. The number of nitrogens with zero attached hydrogens (tertiary/aromatic N) is 2. The number of halogens is 2. The minimum atomic E-state index is -3.37. The zero-order chi connectivity index (χ0) is 17.7. The molecule has 1 aliphatic carbocycles. The Kier molecular flexibility index (Phi) is 5.71. The van der Waals surface area contributed by atoms with Crippen LogP contribution in [0.3, 0.4) is 0 Å². The van der Waals surface area contributed by atoms with Crippen molar-refractivity contribution in [2.75, 3.05) is 0 Å². The first-order valence-corrected chi connectivity index (χ1v) is 9.27. The summed E-state index contributed by atoms with van der Waals surface area (Å²) in [6, 6.07) is 9.34. The molecule has 0 bridgehead atoms. The molecule has 1 saturated carbocycles. The minimum absolute atomic E-state index is 0.141. The van der Waals surface area contributed by atoms with Gasteiger partial charge in [-0.3, -0.25) is 0 Å². The van der Waals surface area contributed by atoms with Crippen LogP contribution in [0.1, 0.15) is 56.7 Å². The maximum atomic E-state index is 14.5. The van der Waals surface area contributed by atoms with Crippen molar-refractivity contribution in [3.05, 3.63) is 47.7 Å². The largest absolute Gasteiger partial charge is 0.427 e. The molecule has 1 fully saturated rings. The van der Waals surface area contributed by atoms with Gasteiger partial charge in [-0.15, -0.1) is 0 Å². The van der Waals surface area contributed by atoms with E-state index in [1.54, 1.807) is 28.9 Å². The summed E-state index contributed by atoms with van der Waals surface area (Å²) >= 11 is 0. The number of ether oxygens (including phenoxy) is 1. The molecule has 0 aliphatic heterocycles. The summed E-state index contributed by atoms with van der Waals surface area (Å²) in [5.74, 6) is 0.665. The van der Waals surface area contributed by atoms with Gasteiger partial charge in [0.15, 0.2) is 0 Å².